The summed E-state index contributed by atoms with van der Waals surface area (Å²) in [6, 6.07) is 16.6. The molecule has 1 saturated carbocycles. The molecular formula is C24H18Cl3FN2O2S. The number of nitro benzene ring substituents is 1. The van der Waals surface area contributed by atoms with Crippen LogP contribution >= 0.6 is 46.6 Å². The third-order valence-corrected chi connectivity index (χ3v) is 9.03. The van der Waals surface area contributed by atoms with E-state index in [-0.39, 0.29) is 44.9 Å². The van der Waals surface area contributed by atoms with Gasteiger partial charge in [-0.05, 0) is 53.8 Å². The first kappa shape index (κ1) is 22.8. The van der Waals surface area contributed by atoms with E-state index < -0.39 is 0 Å². The lowest BCUT2D eigenvalue weighted by Crippen LogP contribution is -2.31. The van der Waals surface area contributed by atoms with Crippen LogP contribution in [-0.2, 0) is 0 Å². The van der Waals surface area contributed by atoms with Gasteiger partial charge in [0.1, 0.15) is 5.82 Å². The van der Waals surface area contributed by atoms with E-state index in [1.165, 1.54) is 30.0 Å². The SMILES string of the molecule is O=[N+]([O-])c1ccccc1S[C@H]1C[C@H]2[C@H](c3cc(Cl)cc(Cl)c3N[C@H]2c2ccc(F)cc2)[C@@H]1Cl. The van der Waals surface area contributed by atoms with Crippen LogP contribution in [-0.4, -0.2) is 15.6 Å². The zero-order valence-corrected chi connectivity index (χ0v) is 20.1. The summed E-state index contributed by atoms with van der Waals surface area (Å²) in [4.78, 5) is 11.7. The van der Waals surface area contributed by atoms with Crippen LogP contribution in [0.4, 0.5) is 15.8 Å². The quantitative estimate of drug-likeness (QED) is 0.213. The number of hydrogen-bond donors (Lipinski definition) is 1. The van der Waals surface area contributed by atoms with Gasteiger partial charge in [-0.25, -0.2) is 4.39 Å². The Morgan fingerprint density at radius 2 is 1.82 bits per heavy atom. The highest BCUT2D eigenvalue weighted by Crippen LogP contribution is 2.59. The van der Waals surface area contributed by atoms with Gasteiger partial charge in [0.25, 0.3) is 5.69 Å². The highest BCUT2D eigenvalue weighted by atomic mass is 35.5. The Balaban J connectivity index is 1.56. The molecule has 9 heteroatoms. The Morgan fingerprint density at radius 1 is 1.09 bits per heavy atom. The lowest BCUT2D eigenvalue weighted by Gasteiger charge is -2.39. The molecule has 3 aromatic rings. The minimum Gasteiger partial charge on any atom is -0.376 e. The van der Waals surface area contributed by atoms with Crippen molar-refractivity contribution in [3.05, 3.63) is 97.8 Å². The highest BCUT2D eigenvalue weighted by Gasteiger charge is 2.50. The van der Waals surface area contributed by atoms with Crippen molar-refractivity contribution in [1.29, 1.82) is 0 Å². The van der Waals surface area contributed by atoms with Crippen molar-refractivity contribution >= 4 is 57.9 Å². The number of rotatable bonds is 4. The maximum absolute atomic E-state index is 13.6. The Kier molecular flexibility index (Phi) is 6.21. The number of halogens is 4. The summed E-state index contributed by atoms with van der Waals surface area (Å²) in [6.07, 6.45) is 0.716. The molecule has 0 bridgehead atoms. The fourth-order valence-electron chi connectivity index (χ4n) is 5.01. The minimum absolute atomic E-state index is 0.0697. The predicted octanol–water partition coefficient (Wildman–Crippen LogP) is 8.08. The van der Waals surface area contributed by atoms with E-state index in [4.69, 9.17) is 34.8 Å². The Labute approximate surface area is 209 Å². The number of thioether (sulfide) groups is 1. The Hall–Kier alpha value is -1.99. The normalized spacial score (nSPS) is 25.8. The van der Waals surface area contributed by atoms with Gasteiger partial charge in [-0.15, -0.1) is 23.4 Å². The maximum atomic E-state index is 13.6. The number of hydrogen-bond acceptors (Lipinski definition) is 4. The van der Waals surface area contributed by atoms with Crippen molar-refractivity contribution < 1.29 is 9.31 Å². The summed E-state index contributed by atoms with van der Waals surface area (Å²) in [5.41, 5.74) is 2.73. The summed E-state index contributed by atoms with van der Waals surface area (Å²) in [6.45, 7) is 0. The fourth-order valence-corrected chi connectivity index (χ4v) is 7.52. The molecule has 1 N–H and O–H groups in total. The summed E-state index contributed by atoms with van der Waals surface area (Å²) in [5.74, 6) is -0.308. The van der Waals surface area contributed by atoms with Crippen molar-refractivity contribution in [3.8, 4) is 0 Å². The number of nitrogens with one attached hydrogen (secondary N) is 1. The van der Waals surface area contributed by atoms with E-state index in [1.807, 2.05) is 6.07 Å². The van der Waals surface area contributed by atoms with Gasteiger partial charge in [-0.1, -0.05) is 47.5 Å². The number of fused-ring (bicyclic) bond motifs is 3. The van der Waals surface area contributed by atoms with E-state index in [0.29, 0.717) is 21.4 Å². The zero-order valence-electron chi connectivity index (χ0n) is 17.1. The predicted molar refractivity (Wildman–Crippen MR) is 132 cm³/mol. The van der Waals surface area contributed by atoms with Crippen molar-refractivity contribution in [2.24, 2.45) is 5.92 Å². The number of para-hydroxylation sites is 1. The van der Waals surface area contributed by atoms with Gasteiger partial charge in [-0.3, -0.25) is 10.1 Å². The average Bonchev–Trinajstić information content (AvgIpc) is 3.10. The van der Waals surface area contributed by atoms with Crippen molar-refractivity contribution in [2.45, 2.75) is 33.9 Å². The molecule has 3 aromatic carbocycles. The van der Waals surface area contributed by atoms with E-state index in [2.05, 4.69) is 5.32 Å². The van der Waals surface area contributed by atoms with Crippen LogP contribution in [0.3, 0.4) is 0 Å². The van der Waals surface area contributed by atoms with Gasteiger partial charge >= 0.3 is 0 Å². The molecule has 0 saturated heterocycles. The van der Waals surface area contributed by atoms with Crippen LogP contribution in [0.5, 0.6) is 0 Å². The second-order valence-corrected chi connectivity index (χ2v) is 10.9. The molecule has 2 aliphatic rings. The molecule has 1 aliphatic carbocycles. The molecule has 0 spiro atoms. The zero-order chi connectivity index (χ0) is 23.3. The van der Waals surface area contributed by atoms with Gasteiger partial charge in [0.15, 0.2) is 0 Å². The van der Waals surface area contributed by atoms with Gasteiger partial charge < -0.3 is 5.32 Å². The third-order valence-electron chi connectivity index (χ3n) is 6.41. The fraction of sp³-hybridized carbons (Fsp3) is 0.250. The van der Waals surface area contributed by atoms with Crippen LogP contribution in [0, 0.1) is 21.8 Å². The maximum Gasteiger partial charge on any atom is 0.282 e. The van der Waals surface area contributed by atoms with Crippen LogP contribution < -0.4 is 5.32 Å². The Morgan fingerprint density at radius 3 is 2.55 bits per heavy atom. The average molecular weight is 524 g/mol. The minimum atomic E-state index is -0.370. The number of nitrogens with zero attached hydrogens (tertiary/aromatic N) is 1. The largest absolute Gasteiger partial charge is 0.376 e. The first-order valence-electron chi connectivity index (χ1n) is 10.4. The van der Waals surface area contributed by atoms with Crippen LogP contribution in [0.1, 0.15) is 29.5 Å². The van der Waals surface area contributed by atoms with Crippen molar-refractivity contribution in [2.75, 3.05) is 5.32 Å². The first-order valence-corrected chi connectivity index (χ1v) is 12.5. The second-order valence-electron chi connectivity index (χ2n) is 8.28. The second kappa shape index (κ2) is 8.99. The highest BCUT2D eigenvalue weighted by molar-refractivity contribution is 8.00. The van der Waals surface area contributed by atoms with Gasteiger partial charge in [-0.2, -0.15) is 0 Å². The molecule has 1 fully saturated rings. The topological polar surface area (TPSA) is 55.2 Å². The number of anilines is 1. The van der Waals surface area contributed by atoms with Gasteiger partial charge in [0.2, 0.25) is 0 Å². The molecule has 1 heterocycles. The number of benzene rings is 3. The molecule has 5 atom stereocenters. The smallest absolute Gasteiger partial charge is 0.282 e. The number of alkyl halides is 1. The molecule has 1 aliphatic heterocycles. The molecule has 0 unspecified atom stereocenters. The molecule has 0 aromatic heterocycles. The summed E-state index contributed by atoms with van der Waals surface area (Å²) in [7, 11) is 0. The molecule has 0 amide bonds. The summed E-state index contributed by atoms with van der Waals surface area (Å²) >= 11 is 21.4. The van der Waals surface area contributed by atoms with E-state index >= 15 is 0 Å². The number of nitro groups is 1. The van der Waals surface area contributed by atoms with E-state index in [1.54, 1.807) is 36.4 Å². The molecule has 0 radical (unpaired) electrons. The summed E-state index contributed by atoms with van der Waals surface area (Å²) in [5, 5.41) is 15.7. The van der Waals surface area contributed by atoms with Crippen LogP contribution in [0.25, 0.3) is 0 Å². The van der Waals surface area contributed by atoms with Crippen molar-refractivity contribution in [1.82, 2.24) is 0 Å². The molecule has 4 nitrogen and oxygen atoms in total. The lowest BCUT2D eigenvalue weighted by atomic mass is 9.77. The monoisotopic (exact) mass is 522 g/mol. The molecule has 33 heavy (non-hydrogen) atoms. The molecule has 5 rings (SSSR count). The third kappa shape index (κ3) is 4.18. The molecular weight excluding hydrogens is 506 g/mol. The lowest BCUT2D eigenvalue weighted by molar-refractivity contribution is -0.387. The standard InChI is InChI=1S/C24H18Cl3FN2O2S/c25-13-9-15-21-16(11-20(22(21)27)33-19-4-2-1-3-18(19)30(31)32)23(29-24(15)17(26)10-13)12-5-7-14(28)8-6-12/h1-10,16,20-23,29H,11H2/t16-,20-,21-,22+,23-/m0/s1. The van der Waals surface area contributed by atoms with Gasteiger partial charge in [0, 0.05) is 22.3 Å². The van der Waals surface area contributed by atoms with Crippen molar-refractivity contribution in [3.63, 3.8) is 0 Å². The summed E-state index contributed by atoms with van der Waals surface area (Å²) < 4.78 is 13.6. The van der Waals surface area contributed by atoms with Crippen LogP contribution in [0.2, 0.25) is 10.0 Å². The molecule has 170 valence electrons. The Bertz CT molecular complexity index is 1230. The van der Waals surface area contributed by atoms with Gasteiger partial charge in [0.05, 0.1) is 31.9 Å². The van der Waals surface area contributed by atoms with E-state index in [0.717, 1.165) is 16.8 Å². The van der Waals surface area contributed by atoms with Crippen LogP contribution in [0.15, 0.2) is 65.6 Å². The van der Waals surface area contributed by atoms with E-state index in [9.17, 15) is 14.5 Å². The first-order chi connectivity index (χ1) is 15.8.